The van der Waals surface area contributed by atoms with Crippen molar-refractivity contribution in [2.24, 2.45) is 0 Å². The van der Waals surface area contributed by atoms with Crippen molar-refractivity contribution in [1.82, 2.24) is 4.98 Å². The molecular formula is C7H9NO2. The van der Waals surface area contributed by atoms with Crippen LogP contribution in [0.15, 0.2) is 6.20 Å². The summed E-state index contributed by atoms with van der Waals surface area (Å²) in [6.07, 6.45) is 1.69. The molecule has 0 saturated carbocycles. The summed E-state index contributed by atoms with van der Waals surface area (Å²) in [5.41, 5.74) is 1.88. The molecule has 3 heteroatoms. The summed E-state index contributed by atoms with van der Waals surface area (Å²) in [4.78, 5) is 13.3. The van der Waals surface area contributed by atoms with Gasteiger partial charge in [0.1, 0.15) is 0 Å². The number of aromatic carboxylic acids is 1. The Kier molecular flexibility index (Phi) is 1.49. The molecule has 0 amide bonds. The van der Waals surface area contributed by atoms with E-state index in [1.54, 1.807) is 20.0 Å². The van der Waals surface area contributed by atoms with Gasteiger partial charge in [0.05, 0.1) is 5.56 Å². The highest BCUT2D eigenvalue weighted by Gasteiger charge is 2.10. The number of hydrogen-bond acceptors (Lipinski definition) is 1. The van der Waals surface area contributed by atoms with Gasteiger partial charge >= 0.3 is 5.97 Å². The molecule has 0 spiro atoms. The van der Waals surface area contributed by atoms with Gasteiger partial charge in [-0.05, 0) is 19.4 Å². The van der Waals surface area contributed by atoms with Crippen molar-refractivity contribution in [2.75, 3.05) is 0 Å². The summed E-state index contributed by atoms with van der Waals surface area (Å²) < 4.78 is 0. The second-order valence-electron chi connectivity index (χ2n) is 2.28. The molecule has 0 radical (unpaired) electrons. The fourth-order valence-corrected chi connectivity index (χ4v) is 0.986. The molecule has 0 aromatic carbocycles. The van der Waals surface area contributed by atoms with Crippen LogP contribution in [0.4, 0.5) is 0 Å². The molecule has 0 aliphatic rings. The van der Waals surface area contributed by atoms with Crippen LogP contribution in [-0.2, 0) is 0 Å². The first-order chi connectivity index (χ1) is 4.63. The summed E-state index contributed by atoms with van der Waals surface area (Å²) >= 11 is 0. The van der Waals surface area contributed by atoms with Crippen LogP contribution < -0.4 is 0 Å². The minimum absolute atomic E-state index is 0.389. The lowest BCUT2D eigenvalue weighted by Gasteiger charge is -1.91. The monoisotopic (exact) mass is 139 g/mol. The zero-order valence-corrected chi connectivity index (χ0v) is 5.93. The van der Waals surface area contributed by atoms with Crippen molar-refractivity contribution < 1.29 is 9.90 Å². The van der Waals surface area contributed by atoms with E-state index in [2.05, 4.69) is 4.98 Å². The van der Waals surface area contributed by atoms with E-state index in [9.17, 15) is 4.79 Å². The van der Waals surface area contributed by atoms with Gasteiger partial charge in [-0.1, -0.05) is 0 Å². The van der Waals surface area contributed by atoms with Crippen molar-refractivity contribution in [1.29, 1.82) is 0 Å². The molecule has 0 fully saturated rings. The number of hydrogen-bond donors (Lipinski definition) is 2. The lowest BCUT2D eigenvalue weighted by atomic mass is 10.2. The first kappa shape index (κ1) is 6.86. The molecule has 1 aromatic rings. The summed E-state index contributed by atoms with van der Waals surface area (Å²) in [6.45, 7) is 3.52. The van der Waals surface area contributed by atoms with Crippen molar-refractivity contribution in [2.45, 2.75) is 13.8 Å². The van der Waals surface area contributed by atoms with Crippen LogP contribution in [0, 0.1) is 13.8 Å². The van der Waals surface area contributed by atoms with Crippen LogP contribution in [-0.4, -0.2) is 16.1 Å². The first-order valence-electron chi connectivity index (χ1n) is 3.01. The van der Waals surface area contributed by atoms with E-state index in [1.807, 2.05) is 0 Å². The van der Waals surface area contributed by atoms with Crippen molar-refractivity contribution in [3.63, 3.8) is 0 Å². The number of rotatable bonds is 1. The highest BCUT2D eigenvalue weighted by atomic mass is 16.4. The Labute approximate surface area is 58.7 Å². The third-order valence-corrected chi connectivity index (χ3v) is 1.49. The van der Waals surface area contributed by atoms with Crippen molar-refractivity contribution >= 4 is 5.97 Å². The van der Waals surface area contributed by atoms with E-state index >= 15 is 0 Å². The summed E-state index contributed by atoms with van der Waals surface area (Å²) in [5.74, 6) is -0.865. The standard InChI is InChI=1S/C7H9NO2/c1-4-3-8-5(2)6(4)7(9)10/h3,8H,1-2H3,(H,9,10). The molecule has 1 aromatic heterocycles. The normalized spacial score (nSPS) is 9.80. The maximum Gasteiger partial charge on any atom is 0.337 e. The third kappa shape index (κ3) is 0.900. The average molecular weight is 139 g/mol. The Hall–Kier alpha value is -1.25. The van der Waals surface area contributed by atoms with Gasteiger partial charge in [0.2, 0.25) is 0 Å². The average Bonchev–Trinajstić information content (AvgIpc) is 2.11. The fourth-order valence-electron chi connectivity index (χ4n) is 0.986. The first-order valence-corrected chi connectivity index (χ1v) is 3.01. The molecule has 0 bridgehead atoms. The molecular weight excluding hydrogens is 130 g/mol. The predicted molar refractivity (Wildman–Crippen MR) is 37.2 cm³/mol. The van der Waals surface area contributed by atoms with Gasteiger partial charge in [-0.25, -0.2) is 4.79 Å². The topological polar surface area (TPSA) is 53.1 Å². The van der Waals surface area contributed by atoms with Crippen LogP contribution in [0.25, 0.3) is 0 Å². The van der Waals surface area contributed by atoms with Gasteiger partial charge in [-0.15, -0.1) is 0 Å². The SMILES string of the molecule is Cc1c[nH]c(C)c1C(=O)O. The van der Waals surface area contributed by atoms with Gasteiger partial charge in [0.25, 0.3) is 0 Å². The van der Waals surface area contributed by atoms with E-state index < -0.39 is 5.97 Å². The van der Waals surface area contributed by atoms with Gasteiger partial charge in [0, 0.05) is 11.9 Å². The van der Waals surface area contributed by atoms with Gasteiger partial charge < -0.3 is 10.1 Å². The Bertz CT molecular complexity index is 243. The Balaban J connectivity index is 3.23. The van der Waals surface area contributed by atoms with Crippen LogP contribution in [0.1, 0.15) is 21.6 Å². The number of aromatic nitrogens is 1. The summed E-state index contributed by atoms with van der Waals surface area (Å²) in [6, 6.07) is 0. The largest absolute Gasteiger partial charge is 0.478 e. The van der Waals surface area contributed by atoms with Crippen LogP contribution in [0.2, 0.25) is 0 Å². The summed E-state index contributed by atoms with van der Waals surface area (Å²) in [7, 11) is 0. The van der Waals surface area contributed by atoms with E-state index in [0.717, 1.165) is 5.56 Å². The van der Waals surface area contributed by atoms with E-state index in [1.165, 1.54) is 0 Å². The van der Waals surface area contributed by atoms with Gasteiger partial charge in [-0.3, -0.25) is 0 Å². The second kappa shape index (κ2) is 2.17. The molecule has 2 N–H and O–H groups in total. The van der Waals surface area contributed by atoms with E-state index in [0.29, 0.717) is 11.3 Å². The van der Waals surface area contributed by atoms with Gasteiger partial charge in [-0.2, -0.15) is 0 Å². The number of nitrogens with one attached hydrogen (secondary N) is 1. The van der Waals surface area contributed by atoms with E-state index in [4.69, 9.17) is 5.11 Å². The Morgan fingerprint density at radius 2 is 2.20 bits per heavy atom. The van der Waals surface area contributed by atoms with Gasteiger partial charge in [0.15, 0.2) is 0 Å². The van der Waals surface area contributed by atoms with Crippen molar-refractivity contribution in [3.05, 3.63) is 23.0 Å². The predicted octanol–water partition coefficient (Wildman–Crippen LogP) is 1.33. The maximum atomic E-state index is 10.5. The zero-order chi connectivity index (χ0) is 7.72. The number of aryl methyl sites for hydroxylation is 2. The third-order valence-electron chi connectivity index (χ3n) is 1.49. The molecule has 0 unspecified atom stereocenters. The molecule has 0 aliphatic carbocycles. The second-order valence-corrected chi connectivity index (χ2v) is 2.28. The molecule has 1 heterocycles. The molecule has 0 atom stereocenters. The molecule has 10 heavy (non-hydrogen) atoms. The highest BCUT2D eigenvalue weighted by Crippen LogP contribution is 2.10. The number of carboxylic acid groups (broad SMARTS) is 1. The molecule has 0 aliphatic heterocycles. The lowest BCUT2D eigenvalue weighted by molar-refractivity contribution is 0.0695. The van der Waals surface area contributed by atoms with E-state index in [-0.39, 0.29) is 0 Å². The number of carboxylic acids is 1. The minimum Gasteiger partial charge on any atom is -0.478 e. The number of aromatic amines is 1. The van der Waals surface area contributed by atoms with Crippen LogP contribution in [0.3, 0.4) is 0 Å². The van der Waals surface area contributed by atoms with Crippen molar-refractivity contribution in [3.8, 4) is 0 Å². The summed E-state index contributed by atoms with van der Waals surface area (Å²) in [5, 5.41) is 8.62. The quantitative estimate of drug-likeness (QED) is 0.616. The number of H-pyrrole nitrogens is 1. The maximum absolute atomic E-state index is 10.5. The minimum atomic E-state index is -0.865. The molecule has 1 rings (SSSR count). The smallest absolute Gasteiger partial charge is 0.337 e. The Morgan fingerprint density at radius 3 is 2.40 bits per heavy atom. The van der Waals surface area contributed by atoms with Crippen LogP contribution >= 0.6 is 0 Å². The molecule has 0 saturated heterocycles. The number of carbonyl (C=O) groups is 1. The van der Waals surface area contributed by atoms with Crippen LogP contribution in [0.5, 0.6) is 0 Å². The highest BCUT2D eigenvalue weighted by molar-refractivity contribution is 5.90. The fraction of sp³-hybridized carbons (Fsp3) is 0.286. The molecule has 3 nitrogen and oxygen atoms in total. The Morgan fingerprint density at radius 1 is 1.60 bits per heavy atom. The lowest BCUT2D eigenvalue weighted by Crippen LogP contribution is -1.98. The zero-order valence-electron chi connectivity index (χ0n) is 5.93. The molecule has 54 valence electrons.